The number of phenolic OH excluding ortho intramolecular Hbond substituents is 3. The fraction of sp³-hybridized carbons (Fsp3) is 0.457. The van der Waals surface area contributed by atoms with Gasteiger partial charge in [-0.1, -0.05) is 6.07 Å². The number of ether oxygens (including phenoxy) is 7. The van der Waals surface area contributed by atoms with Crippen molar-refractivity contribution in [3.05, 3.63) is 64.7 Å². The highest BCUT2D eigenvalue weighted by Crippen LogP contribution is 2.48. The van der Waals surface area contributed by atoms with Crippen LogP contribution in [0.25, 0.3) is 0 Å². The number of esters is 1. The van der Waals surface area contributed by atoms with Crippen molar-refractivity contribution in [2.75, 3.05) is 48.3 Å². The second kappa shape index (κ2) is 15.6. The number of aromatic hydroxyl groups is 3. The monoisotopic (exact) mass is 702 g/mol. The van der Waals surface area contributed by atoms with Gasteiger partial charge in [-0.05, 0) is 71.3 Å². The number of rotatable bonds is 12. The van der Waals surface area contributed by atoms with Gasteiger partial charge in [0.25, 0.3) is 0 Å². The molecule has 1 aliphatic heterocycles. The van der Waals surface area contributed by atoms with Crippen LogP contribution in [0.15, 0.2) is 42.5 Å². The maximum Gasteiger partial charge on any atom is 0.338 e. The minimum absolute atomic E-state index is 0.0385. The summed E-state index contributed by atoms with van der Waals surface area (Å²) < 4.78 is 38.1. The predicted molar refractivity (Wildman–Crippen MR) is 173 cm³/mol. The first kappa shape index (κ1) is 36.8. The van der Waals surface area contributed by atoms with Crippen molar-refractivity contribution in [2.24, 2.45) is 11.8 Å². The molecule has 2 aliphatic rings. The lowest BCUT2D eigenvalue weighted by molar-refractivity contribution is -0.304. The lowest BCUT2D eigenvalue weighted by Gasteiger charge is -2.43. The van der Waals surface area contributed by atoms with Crippen LogP contribution in [0.5, 0.6) is 40.2 Å². The number of methoxy groups -OCH3 is 4. The number of hydrogen-bond acceptors (Lipinski definition) is 15. The molecule has 15 nitrogen and oxygen atoms in total. The number of aliphatic hydroxyl groups is 4. The molecule has 0 radical (unpaired) electrons. The van der Waals surface area contributed by atoms with Gasteiger partial charge >= 0.3 is 5.97 Å². The normalized spacial score (nSPS) is 26.1. The van der Waals surface area contributed by atoms with Crippen molar-refractivity contribution in [2.45, 2.75) is 43.0 Å². The second-order valence-electron chi connectivity index (χ2n) is 12.1. The van der Waals surface area contributed by atoms with E-state index in [1.165, 1.54) is 46.6 Å². The fourth-order valence-corrected chi connectivity index (χ4v) is 6.59. The molecule has 0 bridgehead atoms. The molecule has 1 fully saturated rings. The molecule has 1 heterocycles. The topological polar surface area (TPSA) is 223 Å². The van der Waals surface area contributed by atoms with E-state index in [0.717, 1.165) is 5.56 Å². The molecule has 0 spiro atoms. The molecule has 5 rings (SSSR count). The van der Waals surface area contributed by atoms with E-state index in [9.17, 15) is 40.5 Å². The Morgan fingerprint density at radius 1 is 0.780 bits per heavy atom. The minimum atomic E-state index is -1.74. The zero-order valence-corrected chi connectivity index (χ0v) is 27.9. The number of hydrogen-bond donors (Lipinski definition) is 7. The summed E-state index contributed by atoms with van der Waals surface area (Å²) in [5.74, 6) is -2.45. The molecular formula is C35H42O15. The summed E-state index contributed by atoms with van der Waals surface area (Å²) >= 11 is 0. The maximum absolute atomic E-state index is 12.9. The van der Waals surface area contributed by atoms with E-state index in [1.807, 2.05) is 0 Å². The predicted octanol–water partition coefficient (Wildman–Crippen LogP) is 1.43. The van der Waals surface area contributed by atoms with Crippen LogP contribution in [0.1, 0.15) is 33.0 Å². The Balaban J connectivity index is 1.38. The summed E-state index contributed by atoms with van der Waals surface area (Å²) in [4.78, 5) is 12.9. The molecule has 8 unspecified atom stereocenters. The van der Waals surface area contributed by atoms with E-state index in [1.54, 1.807) is 24.3 Å². The van der Waals surface area contributed by atoms with Crippen molar-refractivity contribution >= 4 is 5.97 Å². The van der Waals surface area contributed by atoms with E-state index in [0.29, 0.717) is 17.5 Å². The number of carbonyl (C=O) groups excluding carboxylic acids is 1. The largest absolute Gasteiger partial charge is 0.504 e. The first-order chi connectivity index (χ1) is 23.9. The summed E-state index contributed by atoms with van der Waals surface area (Å²) in [6.45, 7) is -0.957. The molecule has 272 valence electrons. The van der Waals surface area contributed by atoms with E-state index < -0.39 is 61.0 Å². The molecule has 0 amide bonds. The highest BCUT2D eigenvalue weighted by molar-refractivity contribution is 5.91. The minimum Gasteiger partial charge on any atom is -0.504 e. The van der Waals surface area contributed by atoms with Gasteiger partial charge in [-0.3, -0.25) is 0 Å². The van der Waals surface area contributed by atoms with Crippen LogP contribution in [0.2, 0.25) is 0 Å². The van der Waals surface area contributed by atoms with Crippen LogP contribution in [0.3, 0.4) is 0 Å². The SMILES string of the molecule is COc1cc(C2c3cc(O)c(OC)cc3CC(CO)C2COC2OC(COC(=O)c3cc(OC)c(O)c(OC)c3)C(O)C(O)C2O)ccc1O. The molecule has 50 heavy (non-hydrogen) atoms. The molecule has 3 aromatic rings. The molecule has 8 atom stereocenters. The average molecular weight is 703 g/mol. The summed E-state index contributed by atoms with van der Waals surface area (Å²) in [6.07, 6.45) is -7.55. The Bertz CT molecular complexity index is 1640. The lowest BCUT2D eigenvalue weighted by atomic mass is 9.67. The number of fused-ring (bicyclic) bond motifs is 1. The van der Waals surface area contributed by atoms with E-state index in [2.05, 4.69) is 0 Å². The molecule has 3 aromatic carbocycles. The maximum atomic E-state index is 12.9. The summed E-state index contributed by atoms with van der Waals surface area (Å²) in [5, 5.41) is 74.0. The zero-order chi connectivity index (χ0) is 36.3. The third-order valence-electron chi connectivity index (χ3n) is 9.30. The Morgan fingerprint density at radius 2 is 1.42 bits per heavy atom. The third-order valence-corrected chi connectivity index (χ3v) is 9.30. The van der Waals surface area contributed by atoms with Gasteiger partial charge in [0.15, 0.2) is 40.8 Å². The Hall–Kier alpha value is -4.51. The van der Waals surface area contributed by atoms with Gasteiger partial charge in [0.2, 0.25) is 5.75 Å². The van der Waals surface area contributed by atoms with Crippen LogP contribution >= 0.6 is 0 Å². The van der Waals surface area contributed by atoms with Crippen molar-refractivity contribution in [1.29, 1.82) is 0 Å². The van der Waals surface area contributed by atoms with Crippen molar-refractivity contribution < 1.29 is 73.7 Å². The van der Waals surface area contributed by atoms with Gasteiger partial charge in [-0.15, -0.1) is 0 Å². The van der Waals surface area contributed by atoms with Crippen LogP contribution in [-0.4, -0.2) is 121 Å². The van der Waals surface area contributed by atoms with E-state index >= 15 is 0 Å². The Morgan fingerprint density at radius 3 is 2.04 bits per heavy atom. The van der Waals surface area contributed by atoms with Gasteiger partial charge in [0.1, 0.15) is 31.0 Å². The second-order valence-corrected chi connectivity index (χ2v) is 12.1. The highest BCUT2D eigenvalue weighted by Gasteiger charge is 2.46. The first-order valence-corrected chi connectivity index (χ1v) is 15.8. The number of aliphatic hydroxyl groups excluding tert-OH is 4. The average Bonchev–Trinajstić information content (AvgIpc) is 3.12. The summed E-state index contributed by atoms with van der Waals surface area (Å²) in [6, 6.07) is 10.6. The van der Waals surface area contributed by atoms with E-state index in [-0.39, 0.29) is 59.0 Å². The van der Waals surface area contributed by atoms with Crippen molar-refractivity contribution in [3.63, 3.8) is 0 Å². The number of benzene rings is 3. The standard InChI is InChI=1S/C35H42O15/c1-44-24-8-16(5-6-22(24)37)29-20-12-23(38)25(45-2)9-17(20)7-19(13-36)21(29)14-49-35-33(42)32(41)31(40)28(50-35)15-48-34(43)18-10-26(46-3)30(39)27(11-18)47-4/h5-6,8-12,19,21,28-29,31-33,35-42H,7,13-15H2,1-4H3. The molecule has 1 aliphatic carbocycles. The molecule has 7 N–H and O–H groups in total. The van der Waals surface area contributed by atoms with Crippen molar-refractivity contribution in [1.82, 2.24) is 0 Å². The van der Waals surface area contributed by atoms with Gasteiger partial charge in [-0.25, -0.2) is 4.79 Å². The Labute approximate surface area is 287 Å². The van der Waals surface area contributed by atoms with E-state index in [4.69, 9.17) is 33.2 Å². The van der Waals surface area contributed by atoms with Crippen LogP contribution in [-0.2, 0) is 20.6 Å². The summed E-state index contributed by atoms with van der Waals surface area (Å²) in [5.41, 5.74) is 2.15. The quantitative estimate of drug-likeness (QED) is 0.133. The summed E-state index contributed by atoms with van der Waals surface area (Å²) in [7, 11) is 5.43. The van der Waals surface area contributed by atoms with Crippen molar-refractivity contribution in [3.8, 4) is 40.2 Å². The highest BCUT2D eigenvalue weighted by atomic mass is 16.7. The Kier molecular flexibility index (Phi) is 11.5. The van der Waals surface area contributed by atoms with Crippen LogP contribution < -0.4 is 18.9 Å². The molecule has 0 saturated carbocycles. The van der Waals surface area contributed by atoms with Gasteiger partial charge in [0.05, 0.1) is 40.6 Å². The fourth-order valence-electron chi connectivity index (χ4n) is 6.59. The smallest absolute Gasteiger partial charge is 0.338 e. The van der Waals surface area contributed by atoms with Gasteiger partial charge in [0, 0.05) is 12.5 Å². The molecule has 0 aromatic heterocycles. The van der Waals surface area contributed by atoms with Gasteiger partial charge < -0.3 is 68.9 Å². The van der Waals surface area contributed by atoms with Crippen LogP contribution in [0.4, 0.5) is 0 Å². The van der Waals surface area contributed by atoms with Crippen LogP contribution in [0, 0.1) is 11.8 Å². The lowest BCUT2D eigenvalue weighted by Crippen LogP contribution is -2.59. The molecular weight excluding hydrogens is 660 g/mol. The first-order valence-electron chi connectivity index (χ1n) is 15.8. The molecule has 1 saturated heterocycles. The number of phenols is 3. The van der Waals surface area contributed by atoms with Gasteiger partial charge in [-0.2, -0.15) is 0 Å². The zero-order valence-electron chi connectivity index (χ0n) is 27.9. The number of carbonyl (C=O) groups is 1. The third kappa shape index (κ3) is 7.19. The molecule has 15 heteroatoms.